The van der Waals surface area contributed by atoms with Crippen molar-refractivity contribution in [1.82, 2.24) is 10.5 Å². The normalized spacial score (nSPS) is 11.4. The summed E-state index contributed by atoms with van der Waals surface area (Å²) >= 11 is 0. The van der Waals surface area contributed by atoms with Crippen molar-refractivity contribution in [2.75, 3.05) is 0 Å². The molecule has 1 amide bonds. The van der Waals surface area contributed by atoms with Gasteiger partial charge in [0.1, 0.15) is 5.76 Å². The molecule has 1 aromatic rings. The van der Waals surface area contributed by atoms with Crippen LogP contribution < -0.4 is 5.32 Å². The van der Waals surface area contributed by atoms with E-state index in [2.05, 4.69) is 10.5 Å². The van der Waals surface area contributed by atoms with Gasteiger partial charge in [-0.1, -0.05) is 19.0 Å². The Hall–Kier alpha value is -1.85. The Morgan fingerprint density at radius 2 is 1.95 bits per heavy atom. The summed E-state index contributed by atoms with van der Waals surface area (Å²) in [4.78, 5) is 22.8. The molecule has 0 bridgehead atoms. The van der Waals surface area contributed by atoms with E-state index in [1.165, 1.54) is 13.8 Å². The Kier molecular flexibility index (Phi) is 5.30. The molecule has 0 aliphatic carbocycles. The number of carboxylic acid groups (broad SMARTS) is 1. The monoisotopic (exact) mass is 282 g/mol. The summed E-state index contributed by atoms with van der Waals surface area (Å²) in [5.41, 5.74) is 0.663. The number of carbonyl (C=O) groups is 2. The lowest BCUT2D eigenvalue weighted by molar-refractivity contribution is -0.149. The van der Waals surface area contributed by atoms with Gasteiger partial charge in [-0.3, -0.25) is 9.59 Å². The molecule has 6 heteroatoms. The van der Waals surface area contributed by atoms with Gasteiger partial charge < -0.3 is 14.9 Å². The molecule has 0 aliphatic heterocycles. The molecule has 1 heterocycles. The van der Waals surface area contributed by atoms with Crippen LogP contribution in [0.2, 0.25) is 0 Å². The molecule has 0 aliphatic rings. The maximum atomic E-state index is 11.8. The summed E-state index contributed by atoms with van der Waals surface area (Å²) in [5, 5.41) is 15.7. The van der Waals surface area contributed by atoms with Crippen LogP contribution in [0, 0.1) is 5.41 Å². The van der Waals surface area contributed by atoms with E-state index >= 15 is 0 Å². The van der Waals surface area contributed by atoms with Crippen LogP contribution >= 0.6 is 0 Å². The number of amides is 1. The fourth-order valence-electron chi connectivity index (χ4n) is 1.86. The lowest BCUT2D eigenvalue weighted by Gasteiger charge is -2.18. The van der Waals surface area contributed by atoms with Crippen LogP contribution in [0.5, 0.6) is 0 Å². The van der Waals surface area contributed by atoms with Gasteiger partial charge in [-0.15, -0.1) is 0 Å². The molecular weight excluding hydrogens is 260 g/mol. The van der Waals surface area contributed by atoms with Gasteiger partial charge in [0.15, 0.2) is 0 Å². The van der Waals surface area contributed by atoms with E-state index in [-0.39, 0.29) is 12.3 Å². The number of hydrogen-bond acceptors (Lipinski definition) is 4. The summed E-state index contributed by atoms with van der Waals surface area (Å²) in [6.07, 6.45) is 1.38. The van der Waals surface area contributed by atoms with Crippen molar-refractivity contribution in [2.24, 2.45) is 5.41 Å². The third-order valence-electron chi connectivity index (χ3n) is 3.25. The highest BCUT2D eigenvalue weighted by molar-refractivity contribution is 5.84. The van der Waals surface area contributed by atoms with Crippen molar-refractivity contribution in [2.45, 2.75) is 53.5 Å². The van der Waals surface area contributed by atoms with E-state index in [1.54, 1.807) is 0 Å². The molecule has 112 valence electrons. The highest BCUT2D eigenvalue weighted by Gasteiger charge is 2.30. The lowest BCUT2D eigenvalue weighted by atomic mass is 9.89. The number of aromatic nitrogens is 1. The summed E-state index contributed by atoms with van der Waals surface area (Å²) in [6, 6.07) is 0. The zero-order valence-electron chi connectivity index (χ0n) is 12.4. The second kappa shape index (κ2) is 6.54. The molecule has 0 radical (unpaired) electrons. The van der Waals surface area contributed by atoms with Gasteiger partial charge >= 0.3 is 5.97 Å². The molecule has 1 aromatic heterocycles. The summed E-state index contributed by atoms with van der Waals surface area (Å²) in [6.45, 7) is 7.31. The zero-order chi connectivity index (χ0) is 15.3. The molecule has 0 atom stereocenters. The van der Waals surface area contributed by atoms with Gasteiger partial charge in [0.05, 0.1) is 11.1 Å². The van der Waals surface area contributed by atoms with Crippen LogP contribution in [0.15, 0.2) is 4.52 Å². The number of carbonyl (C=O) groups excluding carboxylic acids is 1. The minimum absolute atomic E-state index is 0.0590. The van der Waals surface area contributed by atoms with E-state index in [1.807, 2.05) is 13.8 Å². The van der Waals surface area contributed by atoms with Crippen molar-refractivity contribution in [3.63, 3.8) is 0 Å². The highest BCUT2D eigenvalue weighted by Crippen LogP contribution is 2.20. The SMILES string of the molecule is CCc1noc(CC)c1CNC(=O)CC(C)(C)C(=O)O. The molecule has 2 N–H and O–H groups in total. The number of hydrogen-bond donors (Lipinski definition) is 2. The van der Waals surface area contributed by atoms with Gasteiger partial charge in [-0.2, -0.15) is 0 Å². The molecule has 0 unspecified atom stereocenters. The molecule has 0 aromatic carbocycles. The second-order valence-electron chi connectivity index (χ2n) is 5.38. The topological polar surface area (TPSA) is 92.4 Å². The molecule has 0 fully saturated rings. The van der Waals surface area contributed by atoms with E-state index in [0.29, 0.717) is 13.0 Å². The molecule has 1 rings (SSSR count). The highest BCUT2D eigenvalue weighted by atomic mass is 16.5. The van der Waals surface area contributed by atoms with Gasteiger partial charge in [0, 0.05) is 24.9 Å². The number of aliphatic carboxylic acids is 1. The minimum Gasteiger partial charge on any atom is -0.481 e. The maximum Gasteiger partial charge on any atom is 0.309 e. The van der Waals surface area contributed by atoms with Crippen LogP contribution in [0.25, 0.3) is 0 Å². The maximum absolute atomic E-state index is 11.8. The van der Waals surface area contributed by atoms with Crippen LogP contribution in [-0.2, 0) is 29.0 Å². The predicted octanol–water partition coefficient (Wildman–Crippen LogP) is 1.92. The number of carboxylic acids is 1. The molecular formula is C14H22N2O4. The van der Waals surface area contributed by atoms with Crippen LogP contribution in [0.1, 0.15) is 51.1 Å². The van der Waals surface area contributed by atoms with E-state index in [9.17, 15) is 9.59 Å². The first kappa shape index (κ1) is 16.2. The summed E-state index contributed by atoms with van der Waals surface area (Å²) in [7, 11) is 0. The Labute approximate surface area is 118 Å². The first-order valence-corrected chi connectivity index (χ1v) is 6.78. The minimum atomic E-state index is -1.07. The average molecular weight is 282 g/mol. The molecule has 0 spiro atoms. The van der Waals surface area contributed by atoms with E-state index in [4.69, 9.17) is 9.63 Å². The molecule has 20 heavy (non-hydrogen) atoms. The Morgan fingerprint density at radius 3 is 2.45 bits per heavy atom. The second-order valence-corrected chi connectivity index (χ2v) is 5.38. The fraction of sp³-hybridized carbons (Fsp3) is 0.643. The van der Waals surface area contributed by atoms with Gasteiger partial charge in [0.2, 0.25) is 5.91 Å². The number of aryl methyl sites for hydroxylation is 2. The number of rotatable bonds is 7. The Morgan fingerprint density at radius 1 is 1.30 bits per heavy atom. The first-order valence-electron chi connectivity index (χ1n) is 6.78. The zero-order valence-corrected chi connectivity index (χ0v) is 12.4. The van der Waals surface area contributed by atoms with Crippen LogP contribution in [0.3, 0.4) is 0 Å². The van der Waals surface area contributed by atoms with Crippen molar-refractivity contribution in [3.8, 4) is 0 Å². The van der Waals surface area contributed by atoms with Crippen molar-refractivity contribution >= 4 is 11.9 Å². The first-order chi connectivity index (χ1) is 9.31. The Balaban J connectivity index is 2.66. The molecule has 6 nitrogen and oxygen atoms in total. The van der Waals surface area contributed by atoms with E-state index < -0.39 is 11.4 Å². The number of nitrogens with zero attached hydrogens (tertiary/aromatic N) is 1. The number of nitrogens with one attached hydrogen (secondary N) is 1. The van der Waals surface area contributed by atoms with Gasteiger partial charge in [0.25, 0.3) is 0 Å². The Bertz CT molecular complexity index is 470. The smallest absolute Gasteiger partial charge is 0.309 e. The average Bonchev–Trinajstić information content (AvgIpc) is 2.77. The quantitative estimate of drug-likeness (QED) is 0.797. The molecule has 0 saturated heterocycles. The van der Waals surface area contributed by atoms with Crippen molar-refractivity contribution in [3.05, 3.63) is 17.0 Å². The third-order valence-corrected chi connectivity index (χ3v) is 3.25. The lowest BCUT2D eigenvalue weighted by Crippen LogP contribution is -2.33. The van der Waals surface area contributed by atoms with Gasteiger partial charge in [-0.25, -0.2) is 0 Å². The predicted molar refractivity (Wildman–Crippen MR) is 73.1 cm³/mol. The van der Waals surface area contributed by atoms with Crippen LogP contribution in [0.4, 0.5) is 0 Å². The third kappa shape index (κ3) is 3.82. The summed E-state index contributed by atoms with van der Waals surface area (Å²) in [5.74, 6) is -0.511. The van der Waals surface area contributed by atoms with Gasteiger partial charge in [-0.05, 0) is 20.3 Å². The largest absolute Gasteiger partial charge is 0.481 e. The van der Waals surface area contributed by atoms with Crippen molar-refractivity contribution < 1.29 is 19.2 Å². The van der Waals surface area contributed by atoms with E-state index in [0.717, 1.165) is 23.4 Å². The summed E-state index contributed by atoms with van der Waals surface area (Å²) < 4.78 is 5.21. The fourth-order valence-corrected chi connectivity index (χ4v) is 1.86. The van der Waals surface area contributed by atoms with Crippen LogP contribution in [-0.4, -0.2) is 22.1 Å². The van der Waals surface area contributed by atoms with Crippen molar-refractivity contribution in [1.29, 1.82) is 0 Å². The standard InChI is InChI=1S/C14H22N2O4/c1-5-10-9(11(6-2)20-16-10)8-15-12(17)7-14(3,4)13(18)19/h5-8H2,1-4H3,(H,15,17)(H,18,19). The molecule has 0 saturated carbocycles.